The Morgan fingerprint density at radius 2 is 2.22 bits per heavy atom. The van der Waals surface area contributed by atoms with Crippen molar-refractivity contribution in [3.63, 3.8) is 0 Å². The van der Waals surface area contributed by atoms with Gasteiger partial charge >= 0.3 is 5.97 Å². The normalized spacial score (nSPS) is 12.5. The molecule has 0 spiro atoms. The van der Waals surface area contributed by atoms with Gasteiger partial charge in [0.15, 0.2) is 0 Å². The molecule has 1 rings (SSSR count). The number of carbonyl (C=O) groups excluding carboxylic acids is 1. The molecular weight excluding hydrogens is 296 g/mol. The molecular formula is C13H19BrN2O2. The minimum absolute atomic E-state index is 0.266. The number of hydrogen-bond donors (Lipinski definition) is 1. The molecule has 0 aliphatic rings. The van der Waals surface area contributed by atoms with Gasteiger partial charge < -0.3 is 10.1 Å². The van der Waals surface area contributed by atoms with E-state index in [0.717, 1.165) is 16.6 Å². The topological polar surface area (TPSA) is 51.2 Å². The monoisotopic (exact) mass is 314 g/mol. The molecule has 0 aromatic carbocycles. The van der Waals surface area contributed by atoms with Gasteiger partial charge in [-0.15, -0.1) is 0 Å². The predicted octanol–water partition coefficient (Wildman–Crippen LogP) is 2.69. The minimum Gasteiger partial charge on any atom is -0.465 e. The van der Waals surface area contributed by atoms with E-state index in [-0.39, 0.29) is 5.97 Å². The zero-order chi connectivity index (χ0) is 13.5. The van der Waals surface area contributed by atoms with Crippen LogP contribution in [0.4, 0.5) is 0 Å². The van der Waals surface area contributed by atoms with Gasteiger partial charge in [-0.3, -0.25) is 4.98 Å². The molecule has 1 aromatic heterocycles. The standard InChI is InChI=1S/C13H19BrN2O2/c1-4-18-13(17)12(16-6-9(2)3)10-5-11(14)8-15-7-10/h5,7-9,12,16H,4,6H2,1-3H3. The molecule has 0 radical (unpaired) electrons. The van der Waals surface area contributed by atoms with Crippen molar-refractivity contribution < 1.29 is 9.53 Å². The first kappa shape index (κ1) is 15.1. The minimum atomic E-state index is -0.461. The third-order valence-electron chi connectivity index (χ3n) is 2.31. The maximum atomic E-state index is 11.9. The number of pyridine rings is 1. The van der Waals surface area contributed by atoms with Gasteiger partial charge in [-0.1, -0.05) is 13.8 Å². The first-order chi connectivity index (χ1) is 8.54. The highest BCUT2D eigenvalue weighted by Crippen LogP contribution is 2.18. The Bertz CT molecular complexity index is 396. The Labute approximate surface area is 116 Å². The van der Waals surface area contributed by atoms with Crippen LogP contribution in [0.5, 0.6) is 0 Å². The summed E-state index contributed by atoms with van der Waals surface area (Å²) in [7, 11) is 0. The van der Waals surface area contributed by atoms with E-state index in [2.05, 4.69) is 40.1 Å². The summed E-state index contributed by atoms with van der Waals surface area (Å²) in [5.41, 5.74) is 0.809. The van der Waals surface area contributed by atoms with Crippen LogP contribution in [-0.4, -0.2) is 24.1 Å². The number of esters is 1. The summed E-state index contributed by atoms with van der Waals surface area (Å²) >= 11 is 3.36. The maximum Gasteiger partial charge on any atom is 0.327 e. The van der Waals surface area contributed by atoms with E-state index in [4.69, 9.17) is 4.74 Å². The van der Waals surface area contributed by atoms with E-state index in [9.17, 15) is 4.79 Å². The summed E-state index contributed by atoms with van der Waals surface area (Å²) < 4.78 is 5.93. The molecule has 1 heterocycles. The van der Waals surface area contributed by atoms with Crippen molar-refractivity contribution in [3.8, 4) is 0 Å². The second-order valence-corrected chi connectivity index (χ2v) is 5.34. The Morgan fingerprint density at radius 1 is 1.50 bits per heavy atom. The molecule has 1 atom stereocenters. The van der Waals surface area contributed by atoms with Gasteiger partial charge in [0.25, 0.3) is 0 Å². The molecule has 0 saturated heterocycles. The smallest absolute Gasteiger partial charge is 0.327 e. The van der Waals surface area contributed by atoms with Crippen molar-refractivity contribution in [1.82, 2.24) is 10.3 Å². The van der Waals surface area contributed by atoms with Gasteiger partial charge in [0, 0.05) is 16.9 Å². The highest BCUT2D eigenvalue weighted by Gasteiger charge is 2.22. The number of hydrogen-bond acceptors (Lipinski definition) is 4. The molecule has 5 heteroatoms. The van der Waals surface area contributed by atoms with Crippen LogP contribution in [0.3, 0.4) is 0 Å². The quantitative estimate of drug-likeness (QED) is 0.820. The van der Waals surface area contributed by atoms with E-state index >= 15 is 0 Å². The summed E-state index contributed by atoms with van der Waals surface area (Å²) in [6.45, 7) is 7.11. The number of nitrogens with one attached hydrogen (secondary N) is 1. The largest absolute Gasteiger partial charge is 0.465 e. The fourth-order valence-corrected chi connectivity index (χ4v) is 1.89. The van der Waals surface area contributed by atoms with Crippen molar-refractivity contribution in [3.05, 3.63) is 28.5 Å². The molecule has 1 N–H and O–H groups in total. The first-order valence-corrected chi connectivity index (χ1v) is 6.84. The van der Waals surface area contributed by atoms with Gasteiger partial charge in [0.05, 0.1) is 6.61 Å². The Kier molecular flexibility index (Phi) is 6.29. The fraction of sp³-hybridized carbons (Fsp3) is 0.538. The van der Waals surface area contributed by atoms with Crippen LogP contribution in [0, 0.1) is 5.92 Å². The van der Waals surface area contributed by atoms with Crippen LogP contribution in [0.2, 0.25) is 0 Å². The highest BCUT2D eigenvalue weighted by molar-refractivity contribution is 9.10. The fourth-order valence-electron chi connectivity index (χ4n) is 1.50. The molecule has 18 heavy (non-hydrogen) atoms. The Hall–Kier alpha value is -0.940. The zero-order valence-electron chi connectivity index (χ0n) is 10.9. The van der Waals surface area contributed by atoms with E-state index in [1.165, 1.54) is 0 Å². The molecule has 0 bridgehead atoms. The van der Waals surface area contributed by atoms with Gasteiger partial charge in [-0.2, -0.15) is 0 Å². The maximum absolute atomic E-state index is 11.9. The molecule has 4 nitrogen and oxygen atoms in total. The van der Waals surface area contributed by atoms with E-state index in [1.54, 1.807) is 19.3 Å². The number of carbonyl (C=O) groups is 1. The lowest BCUT2D eigenvalue weighted by Crippen LogP contribution is -2.32. The van der Waals surface area contributed by atoms with Gasteiger partial charge in [-0.25, -0.2) is 4.79 Å². The predicted molar refractivity (Wildman–Crippen MR) is 74.2 cm³/mol. The molecule has 1 aromatic rings. The Morgan fingerprint density at radius 3 is 2.78 bits per heavy atom. The van der Waals surface area contributed by atoms with Crippen molar-refractivity contribution >= 4 is 21.9 Å². The number of ether oxygens (including phenoxy) is 1. The average Bonchev–Trinajstić information content (AvgIpc) is 2.29. The van der Waals surface area contributed by atoms with Crippen molar-refractivity contribution in [2.45, 2.75) is 26.8 Å². The van der Waals surface area contributed by atoms with E-state index < -0.39 is 6.04 Å². The van der Waals surface area contributed by atoms with Crippen molar-refractivity contribution in [1.29, 1.82) is 0 Å². The molecule has 0 saturated carbocycles. The zero-order valence-corrected chi connectivity index (χ0v) is 12.5. The SMILES string of the molecule is CCOC(=O)C(NCC(C)C)c1cncc(Br)c1. The third kappa shape index (κ3) is 4.74. The summed E-state index contributed by atoms with van der Waals surface area (Å²) in [6, 6.07) is 1.42. The van der Waals surface area contributed by atoms with Crippen LogP contribution in [0.1, 0.15) is 32.4 Å². The highest BCUT2D eigenvalue weighted by atomic mass is 79.9. The second-order valence-electron chi connectivity index (χ2n) is 4.42. The van der Waals surface area contributed by atoms with Crippen LogP contribution in [0.25, 0.3) is 0 Å². The van der Waals surface area contributed by atoms with Crippen LogP contribution in [-0.2, 0) is 9.53 Å². The van der Waals surface area contributed by atoms with E-state index in [0.29, 0.717) is 12.5 Å². The van der Waals surface area contributed by atoms with Crippen molar-refractivity contribution in [2.24, 2.45) is 5.92 Å². The first-order valence-electron chi connectivity index (χ1n) is 6.05. The summed E-state index contributed by atoms with van der Waals surface area (Å²) in [4.78, 5) is 16.0. The molecule has 100 valence electrons. The number of nitrogens with zero attached hydrogens (tertiary/aromatic N) is 1. The molecule has 1 unspecified atom stereocenters. The van der Waals surface area contributed by atoms with E-state index in [1.807, 2.05) is 6.07 Å². The molecule has 0 aliphatic carbocycles. The molecule has 0 aliphatic heterocycles. The summed E-state index contributed by atoms with van der Waals surface area (Å²) in [6.07, 6.45) is 3.37. The average molecular weight is 315 g/mol. The van der Waals surface area contributed by atoms with Crippen molar-refractivity contribution in [2.75, 3.05) is 13.2 Å². The van der Waals surface area contributed by atoms with Crippen LogP contribution in [0.15, 0.2) is 22.9 Å². The second kappa shape index (κ2) is 7.48. The molecule has 0 amide bonds. The number of halogens is 1. The lowest BCUT2D eigenvalue weighted by Gasteiger charge is -2.18. The summed E-state index contributed by atoms with van der Waals surface area (Å²) in [5, 5.41) is 3.21. The lowest BCUT2D eigenvalue weighted by molar-refractivity contribution is -0.145. The lowest BCUT2D eigenvalue weighted by atomic mass is 10.1. The third-order valence-corrected chi connectivity index (χ3v) is 2.75. The Balaban J connectivity index is 2.85. The van der Waals surface area contributed by atoms with Gasteiger partial charge in [0.2, 0.25) is 0 Å². The number of aromatic nitrogens is 1. The van der Waals surface area contributed by atoms with Crippen LogP contribution < -0.4 is 5.32 Å². The summed E-state index contributed by atoms with van der Waals surface area (Å²) in [5.74, 6) is 0.195. The van der Waals surface area contributed by atoms with Crippen LogP contribution >= 0.6 is 15.9 Å². The number of rotatable bonds is 6. The van der Waals surface area contributed by atoms with Gasteiger partial charge in [-0.05, 0) is 46.9 Å². The van der Waals surface area contributed by atoms with Gasteiger partial charge in [0.1, 0.15) is 6.04 Å². The molecule has 0 fully saturated rings.